The van der Waals surface area contributed by atoms with Crippen LogP contribution in [0.25, 0.3) is 0 Å². The van der Waals surface area contributed by atoms with Crippen LogP contribution in [0.1, 0.15) is 303 Å². The first-order valence-corrected chi connectivity index (χ1v) is 27.2. The van der Waals surface area contributed by atoms with Crippen LogP contribution in [0.15, 0.2) is 12.2 Å². The summed E-state index contributed by atoms with van der Waals surface area (Å²) in [4.78, 5) is 37.9. The average Bonchev–Trinajstić information content (AvgIpc) is 3.26. The minimum Gasteiger partial charge on any atom is -0.462 e. The van der Waals surface area contributed by atoms with Gasteiger partial charge in [-0.05, 0) is 44.9 Å². The van der Waals surface area contributed by atoms with Crippen molar-refractivity contribution in [2.24, 2.45) is 0 Å². The van der Waals surface area contributed by atoms with Gasteiger partial charge in [-0.15, -0.1) is 0 Å². The molecule has 0 saturated carbocycles. The Morgan fingerprint density at radius 2 is 0.541 bits per heavy atom. The SMILES string of the molecule is CCCCCC/C=C\CCCCCCCCCC(=O)OC(COC(=O)CCCCCCCCCCC)COC(=O)CCCCCCCCCCCCCCCCCCCCC. The third kappa shape index (κ3) is 49.0. The lowest BCUT2D eigenvalue weighted by molar-refractivity contribution is -0.167. The summed E-state index contributed by atoms with van der Waals surface area (Å²) in [5, 5.41) is 0. The maximum atomic E-state index is 12.8. The molecule has 1 unspecified atom stereocenters. The molecule has 6 heteroatoms. The molecule has 0 aromatic carbocycles. The van der Waals surface area contributed by atoms with Gasteiger partial charge < -0.3 is 14.2 Å². The van der Waals surface area contributed by atoms with Gasteiger partial charge in [-0.2, -0.15) is 0 Å². The van der Waals surface area contributed by atoms with Crippen LogP contribution in [-0.4, -0.2) is 37.2 Å². The summed E-state index contributed by atoms with van der Waals surface area (Å²) >= 11 is 0. The number of esters is 3. The molecule has 0 amide bonds. The lowest BCUT2D eigenvalue weighted by Crippen LogP contribution is -2.30. The van der Waals surface area contributed by atoms with E-state index in [1.807, 2.05) is 0 Å². The predicted octanol–water partition coefficient (Wildman–Crippen LogP) is 17.8. The van der Waals surface area contributed by atoms with Crippen LogP contribution in [0.3, 0.4) is 0 Å². The van der Waals surface area contributed by atoms with E-state index in [0.717, 1.165) is 57.8 Å². The first-order valence-electron chi connectivity index (χ1n) is 27.2. The van der Waals surface area contributed by atoms with Crippen LogP contribution in [0.5, 0.6) is 0 Å². The molecule has 61 heavy (non-hydrogen) atoms. The minimum absolute atomic E-state index is 0.0664. The fourth-order valence-corrected chi connectivity index (χ4v) is 8.14. The highest BCUT2D eigenvalue weighted by Gasteiger charge is 2.19. The van der Waals surface area contributed by atoms with Crippen molar-refractivity contribution in [1.82, 2.24) is 0 Å². The molecule has 360 valence electrons. The minimum atomic E-state index is -0.765. The number of unbranched alkanes of at least 4 members (excludes halogenated alkanes) is 37. The molecule has 0 aliphatic carbocycles. The quantitative estimate of drug-likeness (QED) is 0.0262. The van der Waals surface area contributed by atoms with E-state index < -0.39 is 6.10 Å². The largest absolute Gasteiger partial charge is 0.462 e. The summed E-state index contributed by atoms with van der Waals surface area (Å²) in [5.41, 5.74) is 0. The average molecular weight is 861 g/mol. The third-order valence-electron chi connectivity index (χ3n) is 12.3. The molecule has 6 nitrogen and oxygen atoms in total. The van der Waals surface area contributed by atoms with Gasteiger partial charge in [0.1, 0.15) is 13.2 Å². The van der Waals surface area contributed by atoms with Gasteiger partial charge in [-0.3, -0.25) is 14.4 Å². The molecular weight excluding hydrogens is 757 g/mol. The van der Waals surface area contributed by atoms with Gasteiger partial charge in [-0.25, -0.2) is 0 Å². The Balaban J connectivity index is 4.23. The van der Waals surface area contributed by atoms with Crippen LogP contribution in [0.2, 0.25) is 0 Å². The number of hydrogen-bond acceptors (Lipinski definition) is 6. The van der Waals surface area contributed by atoms with Gasteiger partial charge in [0.15, 0.2) is 6.10 Å². The van der Waals surface area contributed by atoms with Crippen LogP contribution < -0.4 is 0 Å². The first-order chi connectivity index (χ1) is 30.0. The Morgan fingerprint density at radius 3 is 0.836 bits per heavy atom. The summed E-state index contributed by atoms with van der Waals surface area (Å²) in [6, 6.07) is 0. The first kappa shape index (κ1) is 59.1. The van der Waals surface area contributed by atoms with Crippen LogP contribution in [0, 0.1) is 0 Å². The third-order valence-corrected chi connectivity index (χ3v) is 12.3. The topological polar surface area (TPSA) is 78.9 Å². The van der Waals surface area contributed by atoms with Crippen LogP contribution >= 0.6 is 0 Å². The number of ether oxygens (including phenoxy) is 3. The summed E-state index contributed by atoms with van der Waals surface area (Å²) in [5.74, 6) is -0.855. The van der Waals surface area contributed by atoms with E-state index in [9.17, 15) is 14.4 Å². The molecule has 0 aromatic rings. The van der Waals surface area contributed by atoms with Gasteiger partial charge in [0.05, 0.1) is 0 Å². The zero-order valence-electron chi connectivity index (χ0n) is 41.2. The zero-order valence-corrected chi connectivity index (χ0v) is 41.2. The number of carbonyl (C=O) groups is 3. The molecule has 0 saturated heterocycles. The summed E-state index contributed by atoms with van der Waals surface area (Å²) in [6.45, 7) is 6.65. The van der Waals surface area contributed by atoms with Crippen molar-refractivity contribution in [2.45, 2.75) is 309 Å². The molecule has 0 aliphatic heterocycles. The summed E-state index contributed by atoms with van der Waals surface area (Å²) in [6.07, 6.45) is 56.3. The fourth-order valence-electron chi connectivity index (χ4n) is 8.14. The number of carbonyl (C=O) groups excluding carboxylic acids is 3. The molecule has 0 fully saturated rings. The highest BCUT2D eigenvalue weighted by atomic mass is 16.6. The van der Waals surface area contributed by atoms with E-state index in [2.05, 4.69) is 32.9 Å². The van der Waals surface area contributed by atoms with Crippen LogP contribution in [0.4, 0.5) is 0 Å². The Hall–Kier alpha value is -1.85. The second-order valence-corrected chi connectivity index (χ2v) is 18.5. The van der Waals surface area contributed by atoms with Crippen LogP contribution in [-0.2, 0) is 28.6 Å². The molecule has 0 radical (unpaired) electrons. The van der Waals surface area contributed by atoms with E-state index in [1.54, 1.807) is 0 Å². The lowest BCUT2D eigenvalue weighted by atomic mass is 10.0. The second kappa shape index (κ2) is 50.8. The molecule has 1 atom stereocenters. The van der Waals surface area contributed by atoms with E-state index in [1.165, 1.54) is 205 Å². The highest BCUT2D eigenvalue weighted by Crippen LogP contribution is 2.17. The number of hydrogen-bond donors (Lipinski definition) is 0. The van der Waals surface area contributed by atoms with Crippen molar-refractivity contribution in [3.05, 3.63) is 12.2 Å². The molecule has 0 aliphatic rings. The molecular formula is C55H104O6. The standard InChI is InChI=1S/C55H104O6/c1-4-7-10-13-16-19-21-23-25-26-27-28-30-31-33-36-39-42-45-48-54(57)60-51-52(50-59-53(56)47-44-41-38-35-18-15-12-9-6-3)61-55(58)49-46-43-40-37-34-32-29-24-22-20-17-14-11-8-5-2/h20,22,52H,4-19,21,23-51H2,1-3H3/b22-20-. The normalized spacial score (nSPS) is 12.0. The Kier molecular flexibility index (Phi) is 49.3. The molecule has 0 heterocycles. The van der Waals surface area contributed by atoms with Crippen molar-refractivity contribution in [3.8, 4) is 0 Å². The summed E-state index contributed by atoms with van der Waals surface area (Å²) in [7, 11) is 0. The van der Waals surface area contributed by atoms with Crippen molar-refractivity contribution >= 4 is 17.9 Å². The zero-order chi connectivity index (χ0) is 44.4. The van der Waals surface area contributed by atoms with Gasteiger partial charge in [0.2, 0.25) is 0 Å². The van der Waals surface area contributed by atoms with E-state index in [-0.39, 0.29) is 31.1 Å². The number of allylic oxidation sites excluding steroid dienone is 2. The Bertz CT molecular complexity index is 947. The van der Waals surface area contributed by atoms with Crippen molar-refractivity contribution in [3.63, 3.8) is 0 Å². The smallest absolute Gasteiger partial charge is 0.306 e. The van der Waals surface area contributed by atoms with Gasteiger partial charge in [-0.1, -0.05) is 251 Å². The van der Waals surface area contributed by atoms with Gasteiger partial charge in [0.25, 0.3) is 0 Å². The highest BCUT2D eigenvalue weighted by molar-refractivity contribution is 5.71. The van der Waals surface area contributed by atoms with E-state index in [0.29, 0.717) is 19.3 Å². The van der Waals surface area contributed by atoms with E-state index >= 15 is 0 Å². The molecule has 0 rings (SSSR count). The molecule has 0 spiro atoms. The van der Waals surface area contributed by atoms with Gasteiger partial charge in [0, 0.05) is 19.3 Å². The van der Waals surface area contributed by atoms with Crippen molar-refractivity contribution in [2.75, 3.05) is 13.2 Å². The van der Waals surface area contributed by atoms with Crippen molar-refractivity contribution in [1.29, 1.82) is 0 Å². The maximum absolute atomic E-state index is 12.8. The fraction of sp³-hybridized carbons (Fsp3) is 0.909. The summed E-state index contributed by atoms with van der Waals surface area (Å²) < 4.78 is 16.8. The van der Waals surface area contributed by atoms with E-state index in [4.69, 9.17) is 14.2 Å². The lowest BCUT2D eigenvalue weighted by Gasteiger charge is -2.18. The maximum Gasteiger partial charge on any atom is 0.306 e. The Morgan fingerprint density at radius 1 is 0.311 bits per heavy atom. The second-order valence-electron chi connectivity index (χ2n) is 18.5. The van der Waals surface area contributed by atoms with Gasteiger partial charge >= 0.3 is 17.9 Å². The molecule has 0 bridgehead atoms. The monoisotopic (exact) mass is 861 g/mol. The van der Waals surface area contributed by atoms with Crippen molar-refractivity contribution < 1.29 is 28.6 Å². The molecule has 0 N–H and O–H groups in total. The predicted molar refractivity (Wildman–Crippen MR) is 261 cm³/mol. The number of rotatable bonds is 50. The Labute approximate surface area is 380 Å². The molecule has 0 aromatic heterocycles.